The summed E-state index contributed by atoms with van der Waals surface area (Å²) in [5.74, 6) is 0. The average molecular weight is 360 g/mol. The van der Waals surface area contributed by atoms with Crippen LogP contribution in [0.2, 0.25) is 5.02 Å². The zero-order valence-corrected chi connectivity index (χ0v) is 13.9. The molecule has 0 aliphatic rings. The van der Waals surface area contributed by atoms with Gasteiger partial charge in [-0.2, -0.15) is 0 Å². The molecule has 0 radical (unpaired) electrons. The van der Waals surface area contributed by atoms with Crippen LogP contribution in [0.3, 0.4) is 0 Å². The Kier molecular flexibility index (Phi) is 5.82. The van der Waals surface area contributed by atoms with E-state index in [0.717, 1.165) is 25.1 Å². The van der Waals surface area contributed by atoms with Crippen molar-refractivity contribution in [2.75, 3.05) is 6.54 Å². The summed E-state index contributed by atoms with van der Waals surface area (Å²) in [5.41, 5.74) is 1.04. The molecule has 0 bridgehead atoms. The summed E-state index contributed by atoms with van der Waals surface area (Å²) < 4.78 is 1.18. The normalized spacial score (nSPS) is 12.6. The molecule has 0 amide bonds. The van der Waals surface area contributed by atoms with Crippen LogP contribution in [-0.2, 0) is 6.42 Å². The molecule has 0 saturated carbocycles. The quantitative estimate of drug-likeness (QED) is 0.798. The monoisotopic (exact) mass is 358 g/mol. The van der Waals surface area contributed by atoms with Gasteiger partial charge in [0.15, 0.2) is 0 Å². The molecule has 0 aromatic carbocycles. The van der Waals surface area contributed by atoms with Crippen LogP contribution >= 0.6 is 38.9 Å². The van der Waals surface area contributed by atoms with Gasteiger partial charge in [0.05, 0.1) is 16.8 Å². The molecule has 0 fully saturated rings. The Balaban J connectivity index is 2.15. The van der Waals surface area contributed by atoms with Gasteiger partial charge in [0.25, 0.3) is 0 Å². The van der Waals surface area contributed by atoms with E-state index < -0.39 is 0 Å². The zero-order chi connectivity index (χ0) is 13.7. The minimum Gasteiger partial charge on any atom is -0.308 e. The van der Waals surface area contributed by atoms with Crippen LogP contribution < -0.4 is 5.32 Å². The molecule has 0 spiro atoms. The first kappa shape index (κ1) is 15.0. The molecule has 0 saturated heterocycles. The van der Waals surface area contributed by atoms with Crippen LogP contribution in [0, 0.1) is 0 Å². The SMILES string of the molecule is CCCNC(Cc1sccc1Br)c1ccc(Cl)cn1. The number of pyridine rings is 1. The van der Waals surface area contributed by atoms with Gasteiger partial charge in [-0.1, -0.05) is 18.5 Å². The van der Waals surface area contributed by atoms with Crippen LogP contribution in [0.5, 0.6) is 0 Å². The second kappa shape index (κ2) is 7.39. The van der Waals surface area contributed by atoms with Gasteiger partial charge in [-0.05, 0) is 52.5 Å². The number of hydrogen-bond donors (Lipinski definition) is 1. The van der Waals surface area contributed by atoms with Crippen molar-refractivity contribution in [2.45, 2.75) is 25.8 Å². The fourth-order valence-electron chi connectivity index (χ4n) is 1.85. The largest absolute Gasteiger partial charge is 0.308 e. The summed E-state index contributed by atoms with van der Waals surface area (Å²) in [6.07, 6.45) is 3.75. The molecule has 0 aliphatic heterocycles. The standard InChI is InChI=1S/C14H16BrClN2S/c1-2-6-17-13(8-14-11(15)5-7-19-14)12-4-3-10(16)9-18-12/h3-5,7,9,13,17H,2,6,8H2,1H3. The summed E-state index contributed by atoms with van der Waals surface area (Å²) >= 11 is 11.3. The van der Waals surface area contributed by atoms with E-state index in [1.54, 1.807) is 17.5 Å². The summed E-state index contributed by atoms with van der Waals surface area (Å²) in [4.78, 5) is 5.77. The minimum atomic E-state index is 0.229. The predicted molar refractivity (Wildman–Crippen MR) is 86.0 cm³/mol. The number of rotatable bonds is 6. The zero-order valence-electron chi connectivity index (χ0n) is 10.7. The molecule has 2 rings (SSSR count). The smallest absolute Gasteiger partial charge is 0.0589 e. The van der Waals surface area contributed by atoms with E-state index in [0.29, 0.717) is 5.02 Å². The third kappa shape index (κ3) is 4.28. The van der Waals surface area contributed by atoms with Gasteiger partial charge in [0.2, 0.25) is 0 Å². The van der Waals surface area contributed by atoms with E-state index in [9.17, 15) is 0 Å². The topological polar surface area (TPSA) is 24.9 Å². The first-order chi connectivity index (χ1) is 9.20. The lowest BCUT2D eigenvalue weighted by Crippen LogP contribution is -2.24. The van der Waals surface area contributed by atoms with E-state index in [1.165, 1.54) is 9.35 Å². The Hall–Kier alpha value is -0.420. The highest BCUT2D eigenvalue weighted by molar-refractivity contribution is 9.10. The van der Waals surface area contributed by atoms with Crippen molar-refractivity contribution in [3.63, 3.8) is 0 Å². The van der Waals surface area contributed by atoms with Crippen molar-refractivity contribution in [1.82, 2.24) is 10.3 Å². The maximum atomic E-state index is 5.90. The summed E-state index contributed by atoms with van der Waals surface area (Å²) in [6, 6.07) is 6.21. The molecular formula is C14H16BrClN2S. The van der Waals surface area contributed by atoms with Crippen LogP contribution in [0.25, 0.3) is 0 Å². The fraction of sp³-hybridized carbons (Fsp3) is 0.357. The molecule has 1 atom stereocenters. The third-order valence-electron chi connectivity index (χ3n) is 2.83. The van der Waals surface area contributed by atoms with E-state index in [4.69, 9.17) is 11.6 Å². The first-order valence-corrected chi connectivity index (χ1v) is 8.32. The van der Waals surface area contributed by atoms with Crippen molar-refractivity contribution in [1.29, 1.82) is 0 Å². The lowest BCUT2D eigenvalue weighted by Gasteiger charge is -2.17. The first-order valence-electron chi connectivity index (χ1n) is 6.27. The highest BCUT2D eigenvalue weighted by Gasteiger charge is 2.15. The highest BCUT2D eigenvalue weighted by Crippen LogP contribution is 2.28. The van der Waals surface area contributed by atoms with Gasteiger partial charge >= 0.3 is 0 Å². The van der Waals surface area contributed by atoms with Crippen molar-refractivity contribution >= 4 is 38.9 Å². The van der Waals surface area contributed by atoms with Gasteiger partial charge < -0.3 is 5.32 Å². The average Bonchev–Trinajstić information content (AvgIpc) is 2.81. The molecule has 2 nitrogen and oxygen atoms in total. The van der Waals surface area contributed by atoms with Crippen LogP contribution in [0.1, 0.15) is 30.0 Å². The van der Waals surface area contributed by atoms with Gasteiger partial charge in [-0.3, -0.25) is 4.98 Å². The molecule has 2 aromatic rings. The molecule has 19 heavy (non-hydrogen) atoms. The Labute approximate surface area is 131 Å². The van der Waals surface area contributed by atoms with E-state index in [-0.39, 0.29) is 6.04 Å². The highest BCUT2D eigenvalue weighted by atomic mass is 79.9. The van der Waals surface area contributed by atoms with Crippen molar-refractivity contribution < 1.29 is 0 Å². The number of nitrogens with one attached hydrogen (secondary N) is 1. The fourth-order valence-corrected chi connectivity index (χ4v) is 3.52. The number of aromatic nitrogens is 1. The predicted octanol–water partition coefficient (Wildman–Crippen LogP) is 4.84. The molecule has 0 aliphatic carbocycles. The van der Waals surface area contributed by atoms with Crippen molar-refractivity contribution in [3.8, 4) is 0 Å². The molecular weight excluding hydrogens is 344 g/mol. The van der Waals surface area contributed by atoms with Gasteiger partial charge in [-0.15, -0.1) is 11.3 Å². The van der Waals surface area contributed by atoms with Crippen LogP contribution in [0.4, 0.5) is 0 Å². The Morgan fingerprint density at radius 1 is 1.42 bits per heavy atom. The Bertz CT molecular complexity index is 512. The summed E-state index contributed by atoms with van der Waals surface area (Å²) in [5, 5.41) is 6.33. The Morgan fingerprint density at radius 3 is 2.84 bits per heavy atom. The molecule has 1 N–H and O–H groups in total. The molecule has 5 heteroatoms. The lowest BCUT2D eigenvalue weighted by molar-refractivity contribution is 0.520. The second-order valence-corrected chi connectivity index (χ2v) is 6.60. The van der Waals surface area contributed by atoms with E-state index in [2.05, 4.69) is 44.6 Å². The summed E-state index contributed by atoms with van der Waals surface area (Å²) in [7, 11) is 0. The maximum Gasteiger partial charge on any atom is 0.0589 e. The molecule has 102 valence electrons. The van der Waals surface area contributed by atoms with Crippen LogP contribution in [-0.4, -0.2) is 11.5 Å². The van der Waals surface area contributed by atoms with Crippen LogP contribution in [0.15, 0.2) is 34.2 Å². The van der Waals surface area contributed by atoms with E-state index >= 15 is 0 Å². The molecule has 2 aromatic heterocycles. The van der Waals surface area contributed by atoms with Gasteiger partial charge in [-0.25, -0.2) is 0 Å². The van der Waals surface area contributed by atoms with Crippen molar-refractivity contribution in [2.24, 2.45) is 0 Å². The minimum absolute atomic E-state index is 0.229. The number of halogens is 2. The number of hydrogen-bond acceptors (Lipinski definition) is 3. The number of thiophene rings is 1. The van der Waals surface area contributed by atoms with E-state index in [1.807, 2.05) is 12.1 Å². The third-order valence-corrected chi connectivity index (χ3v) is 5.00. The molecule has 2 heterocycles. The number of nitrogens with zero attached hydrogens (tertiary/aromatic N) is 1. The van der Waals surface area contributed by atoms with Gasteiger partial charge in [0.1, 0.15) is 0 Å². The Morgan fingerprint density at radius 2 is 2.26 bits per heavy atom. The molecule has 1 unspecified atom stereocenters. The van der Waals surface area contributed by atoms with Crippen molar-refractivity contribution in [3.05, 3.63) is 49.8 Å². The second-order valence-electron chi connectivity index (χ2n) is 4.30. The lowest BCUT2D eigenvalue weighted by atomic mass is 10.1. The summed E-state index contributed by atoms with van der Waals surface area (Å²) in [6.45, 7) is 3.15. The van der Waals surface area contributed by atoms with Gasteiger partial charge in [0, 0.05) is 22.0 Å². The maximum absolute atomic E-state index is 5.90.